The van der Waals surface area contributed by atoms with Gasteiger partial charge in [0.15, 0.2) is 0 Å². The molecule has 3 aromatic rings. The van der Waals surface area contributed by atoms with Crippen LogP contribution in [-0.2, 0) is 17.6 Å². The lowest BCUT2D eigenvalue weighted by atomic mass is 9.90. The highest BCUT2D eigenvalue weighted by Crippen LogP contribution is 2.35. The SMILES string of the molecule is CCc1ccc2c(-c3ccc(Cl)cc3)c(CC(=O)O)c(C)cc2n1. The number of pyridine rings is 1. The standard InChI is InChI=1S/C20H18ClNO2/c1-3-15-8-9-16-18(22-15)10-12(2)17(11-19(23)24)20(16)13-4-6-14(21)7-5-13/h4-10H,3,11H2,1-2H3,(H,23,24). The number of carboxylic acid groups (broad SMARTS) is 1. The van der Waals surface area contributed by atoms with E-state index in [0.717, 1.165) is 45.3 Å². The average molecular weight is 340 g/mol. The number of fused-ring (bicyclic) bond motifs is 1. The molecule has 1 heterocycles. The highest BCUT2D eigenvalue weighted by atomic mass is 35.5. The van der Waals surface area contributed by atoms with Crippen molar-refractivity contribution >= 4 is 28.5 Å². The largest absolute Gasteiger partial charge is 0.481 e. The molecule has 4 heteroatoms. The van der Waals surface area contributed by atoms with Crippen molar-refractivity contribution in [1.29, 1.82) is 0 Å². The quantitative estimate of drug-likeness (QED) is 0.723. The van der Waals surface area contributed by atoms with Crippen LogP contribution in [0.15, 0.2) is 42.5 Å². The molecule has 0 aliphatic heterocycles. The molecule has 0 saturated heterocycles. The second kappa shape index (κ2) is 6.62. The molecule has 3 nitrogen and oxygen atoms in total. The summed E-state index contributed by atoms with van der Waals surface area (Å²) in [6.07, 6.45) is 0.845. The van der Waals surface area contributed by atoms with Crippen LogP contribution in [0.1, 0.15) is 23.7 Å². The van der Waals surface area contributed by atoms with E-state index < -0.39 is 5.97 Å². The van der Waals surface area contributed by atoms with Gasteiger partial charge < -0.3 is 5.11 Å². The fourth-order valence-electron chi connectivity index (χ4n) is 3.01. The summed E-state index contributed by atoms with van der Waals surface area (Å²) < 4.78 is 0. The fourth-order valence-corrected chi connectivity index (χ4v) is 3.14. The Bertz CT molecular complexity index is 917. The molecule has 1 aromatic heterocycles. The number of carboxylic acids is 1. The number of aryl methyl sites for hydroxylation is 2. The van der Waals surface area contributed by atoms with Crippen LogP contribution in [0.3, 0.4) is 0 Å². The molecule has 0 fully saturated rings. The predicted molar refractivity (Wildman–Crippen MR) is 97.6 cm³/mol. The summed E-state index contributed by atoms with van der Waals surface area (Å²) >= 11 is 6.01. The maximum atomic E-state index is 11.4. The summed E-state index contributed by atoms with van der Waals surface area (Å²) in [6, 6.07) is 13.5. The second-order valence-electron chi connectivity index (χ2n) is 5.85. The number of hydrogen-bond acceptors (Lipinski definition) is 2. The first-order chi connectivity index (χ1) is 11.5. The lowest BCUT2D eigenvalue weighted by molar-refractivity contribution is -0.136. The van der Waals surface area contributed by atoms with Gasteiger partial charge in [0, 0.05) is 16.1 Å². The Labute approximate surface area is 145 Å². The van der Waals surface area contributed by atoms with Gasteiger partial charge in [-0.15, -0.1) is 0 Å². The van der Waals surface area contributed by atoms with Gasteiger partial charge in [-0.3, -0.25) is 9.78 Å². The highest BCUT2D eigenvalue weighted by molar-refractivity contribution is 6.30. The van der Waals surface area contributed by atoms with E-state index in [1.807, 2.05) is 49.4 Å². The number of aliphatic carboxylic acids is 1. The van der Waals surface area contributed by atoms with Crippen molar-refractivity contribution in [3.05, 3.63) is 64.3 Å². The van der Waals surface area contributed by atoms with Crippen LogP contribution in [0.25, 0.3) is 22.0 Å². The predicted octanol–water partition coefficient (Wildman–Crippen LogP) is 5.05. The number of carbonyl (C=O) groups is 1. The van der Waals surface area contributed by atoms with Crippen molar-refractivity contribution in [2.75, 3.05) is 0 Å². The minimum absolute atomic E-state index is 0.0186. The summed E-state index contributed by atoms with van der Waals surface area (Å²) in [5.74, 6) is -0.842. The summed E-state index contributed by atoms with van der Waals surface area (Å²) in [6.45, 7) is 4.01. The number of rotatable bonds is 4. The summed E-state index contributed by atoms with van der Waals surface area (Å²) in [5.41, 5.74) is 5.56. The molecule has 2 aromatic carbocycles. The lowest BCUT2D eigenvalue weighted by Crippen LogP contribution is -2.05. The first kappa shape index (κ1) is 16.5. The van der Waals surface area contributed by atoms with Crippen LogP contribution >= 0.6 is 11.6 Å². The van der Waals surface area contributed by atoms with E-state index in [4.69, 9.17) is 16.6 Å². The zero-order valence-corrected chi connectivity index (χ0v) is 14.4. The van der Waals surface area contributed by atoms with Crippen molar-refractivity contribution in [3.63, 3.8) is 0 Å². The maximum absolute atomic E-state index is 11.4. The fraction of sp³-hybridized carbons (Fsp3) is 0.200. The van der Waals surface area contributed by atoms with E-state index in [9.17, 15) is 9.90 Å². The third-order valence-electron chi connectivity index (χ3n) is 4.21. The summed E-state index contributed by atoms with van der Waals surface area (Å²) in [5, 5.41) is 10.9. The monoisotopic (exact) mass is 339 g/mol. The van der Waals surface area contributed by atoms with Crippen LogP contribution in [0.4, 0.5) is 0 Å². The Morgan fingerprint density at radius 2 is 1.88 bits per heavy atom. The molecule has 122 valence electrons. The van der Waals surface area contributed by atoms with Crippen molar-refractivity contribution in [2.45, 2.75) is 26.7 Å². The van der Waals surface area contributed by atoms with Crippen molar-refractivity contribution in [2.24, 2.45) is 0 Å². The van der Waals surface area contributed by atoms with Gasteiger partial charge in [-0.05, 0) is 59.9 Å². The molecule has 24 heavy (non-hydrogen) atoms. The van der Waals surface area contributed by atoms with Crippen LogP contribution in [0, 0.1) is 6.92 Å². The Hall–Kier alpha value is -2.39. The van der Waals surface area contributed by atoms with E-state index >= 15 is 0 Å². The molecule has 3 rings (SSSR count). The van der Waals surface area contributed by atoms with Gasteiger partial charge in [0.05, 0.1) is 11.9 Å². The first-order valence-corrected chi connectivity index (χ1v) is 8.27. The third kappa shape index (κ3) is 3.13. The molecule has 0 bridgehead atoms. The minimum Gasteiger partial charge on any atom is -0.481 e. The Balaban J connectivity index is 2.35. The Morgan fingerprint density at radius 1 is 1.17 bits per heavy atom. The molecule has 0 atom stereocenters. The zero-order chi connectivity index (χ0) is 17.3. The third-order valence-corrected chi connectivity index (χ3v) is 4.46. The van der Waals surface area contributed by atoms with E-state index in [-0.39, 0.29) is 6.42 Å². The van der Waals surface area contributed by atoms with Crippen molar-refractivity contribution in [1.82, 2.24) is 4.98 Å². The summed E-state index contributed by atoms with van der Waals surface area (Å²) in [7, 11) is 0. The van der Waals surface area contributed by atoms with Crippen LogP contribution in [0.2, 0.25) is 5.02 Å². The minimum atomic E-state index is -0.842. The molecular weight excluding hydrogens is 322 g/mol. The highest BCUT2D eigenvalue weighted by Gasteiger charge is 2.16. The molecule has 1 N–H and O–H groups in total. The second-order valence-corrected chi connectivity index (χ2v) is 6.28. The molecule has 0 unspecified atom stereocenters. The van der Waals surface area contributed by atoms with E-state index in [2.05, 4.69) is 6.92 Å². The average Bonchev–Trinajstić information content (AvgIpc) is 2.56. The van der Waals surface area contributed by atoms with Gasteiger partial charge in [0.25, 0.3) is 0 Å². The molecule has 0 spiro atoms. The Kier molecular flexibility index (Phi) is 4.54. The molecular formula is C20H18ClNO2. The van der Waals surface area contributed by atoms with Gasteiger partial charge >= 0.3 is 5.97 Å². The molecule has 0 radical (unpaired) electrons. The van der Waals surface area contributed by atoms with Gasteiger partial charge in [-0.1, -0.05) is 36.7 Å². The number of halogens is 1. The molecule has 0 amide bonds. The molecule has 0 aliphatic carbocycles. The Morgan fingerprint density at radius 3 is 2.50 bits per heavy atom. The smallest absolute Gasteiger partial charge is 0.307 e. The number of hydrogen-bond donors (Lipinski definition) is 1. The van der Waals surface area contributed by atoms with E-state index in [1.165, 1.54) is 0 Å². The van der Waals surface area contributed by atoms with Crippen molar-refractivity contribution in [3.8, 4) is 11.1 Å². The number of aromatic nitrogens is 1. The van der Waals surface area contributed by atoms with E-state index in [0.29, 0.717) is 5.02 Å². The van der Waals surface area contributed by atoms with Gasteiger partial charge in [0.1, 0.15) is 0 Å². The van der Waals surface area contributed by atoms with Gasteiger partial charge in [-0.2, -0.15) is 0 Å². The summed E-state index contributed by atoms with van der Waals surface area (Å²) in [4.78, 5) is 16.1. The van der Waals surface area contributed by atoms with Gasteiger partial charge in [-0.25, -0.2) is 0 Å². The van der Waals surface area contributed by atoms with Crippen LogP contribution in [-0.4, -0.2) is 16.1 Å². The lowest BCUT2D eigenvalue weighted by Gasteiger charge is -2.16. The number of benzene rings is 2. The first-order valence-electron chi connectivity index (χ1n) is 7.89. The molecule has 0 aliphatic rings. The number of nitrogens with zero attached hydrogens (tertiary/aromatic N) is 1. The van der Waals surface area contributed by atoms with Crippen LogP contribution < -0.4 is 0 Å². The topological polar surface area (TPSA) is 50.2 Å². The van der Waals surface area contributed by atoms with Gasteiger partial charge in [0.2, 0.25) is 0 Å². The van der Waals surface area contributed by atoms with Crippen LogP contribution in [0.5, 0.6) is 0 Å². The van der Waals surface area contributed by atoms with E-state index in [1.54, 1.807) is 0 Å². The normalized spacial score (nSPS) is 11.0. The maximum Gasteiger partial charge on any atom is 0.307 e. The molecule has 0 saturated carbocycles. The zero-order valence-electron chi connectivity index (χ0n) is 13.6. The van der Waals surface area contributed by atoms with Crippen molar-refractivity contribution < 1.29 is 9.90 Å².